The minimum Gasteiger partial charge on any atom is -0.496 e. The van der Waals surface area contributed by atoms with Crippen molar-refractivity contribution in [3.05, 3.63) is 29.5 Å². The van der Waals surface area contributed by atoms with Gasteiger partial charge in [-0.3, -0.25) is 0 Å². The van der Waals surface area contributed by atoms with Gasteiger partial charge in [0.15, 0.2) is 0 Å². The Hall–Kier alpha value is -1.97. The SMILES string of the molecule is COC(=O)c1cc2cc(OC)c(C)cc2[nH]1. The first-order valence-corrected chi connectivity index (χ1v) is 4.91. The van der Waals surface area contributed by atoms with Gasteiger partial charge in [-0.05, 0) is 30.7 Å². The zero-order chi connectivity index (χ0) is 11.7. The van der Waals surface area contributed by atoms with Gasteiger partial charge in [-0.15, -0.1) is 0 Å². The molecule has 0 aliphatic carbocycles. The van der Waals surface area contributed by atoms with Crippen LogP contribution in [0.4, 0.5) is 0 Å². The lowest BCUT2D eigenvalue weighted by molar-refractivity contribution is 0.0595. The molecule has 2 rings (SSSR count). The average molecular weight is 219 g/mol. The Morgan fingerprint density at radius 2 is 2.00 bits per heavy atom. The molecule has 0 fully saturated rings. The van der Waals surface area contributed by atoms with Crippen LogP contribution in [0.1, 0.15) is 16.1 Å². The molecule has 0 saturated heterocycles. The van der Waals surface area contributed by atoms with Gasteiger partial charge in [0.25, 0.3) is 0 Å². The van der Waals surface area contributed by atoms with Crippen LogP contribution in [0.15, 0.2) is 18.2 Å². The maximum atomic E-state index is 11.3. The number of methoxy groups -OCH3 is 2. The number of fused-ring (bicyclic) bond motifs is 1. The first-order valence-electron chi connectivity index (χ1n) is 4.91. The average Bonchev–Trinajstić information content (AvgIpc) is 2.69. The van der Waals surface area contributed by atoms with Crippen molar-refractivity contribution in [2.24, 2.45) is 0 Å². The summed E-state index contributed by atoms with van der Waals surface area (Å²) in [5.74, 6) is 0.440. The third kappa shape index (κ3) is 1.62. The van der Waals surface area contributed by atoms with E-state index in [4.69, 9.17) is 4.74 Å². The predicted octanol–water partition coefficient (Wildman–Crippen LogP) is 2.27. The number of benzene rings is 1. The fourth-order valence-electron chi connectivity index (χ4n) is 1.71. The number of hydrogen-bond acceptors (Lipinski definition) is 3. The van der Waals surface area contributed by atoms with Crippen LogP contribution in [0, 0.1) is 6.92 Å². The summed E-state index contributed by atoms with van der Waals surface area (Å²) in [5, 5.41) is 0.933. The highest BCUT2D eigenvalue weighted by atomic mass is 16.5. The zero-order valence-electron chi connectivity index (χ0n) is 9.46. The number of ether oxygens (including phenoxy) is 2. The molecule has 0 aliphatic rings. The van der Waals surface area contributed by atoms with Crippen LogP contribution in [-0.2, 0) is 4.74 Å². The Kier molecular flexibility index (Phi) is 2.56. The molecule has 0 bridgehead atoms. The zero-order valence-corrected chi connectivity index (χ0v) is 9.46. The van der Waals surface area contributed by atoms with E-state index in [2.05, 4.69) is 9.72 Å². The van der Waals surface area contributed by atoms with E-state index in [0.29, 0.717) is 5.69 Å². The number of nitrogens with one attached hydrogen (secondary N) is 1. The lowest BCUT2D eigenvalue weighted by atomic mass is 10.1. The number of rotatable bonds is 2. The summed E-state index contributed by atoms with van der Waals surface area (Å²) in [7, 11) is 2.99. The van der Waals surface area contributed by atoms with Crippen molar-refractivity contribution >= 4 is 16.9 Å². The summed E-state index contributed by atoms with van der Waals surface area (Å²) in [4.78, 5) is 14.3. The normalized spacial score (nSPS) is 10.4. The quantitative estimate of drug-likeness (QED) is 0.788. The first-order chi connectivity index (χ1) is 7.65. The summed E-state index contributed by atoms with van der Waals surface area (Å²) < 4.78 is 9.87. The summed E-state index contributed by atoms with van der Waals surface area (Å²) >= 11 is 0. The number of aromatic nitrogens is 1. The summed E-state index contributed by atoms with van der Waals surface area (Å²) in [6, 6.07) is 5.59. The smallest absolute Gasteiger partial charge is 0.354 e. The monoisotopic (exact) mass is 219 g/mol. The molecule has 0 saturated carbocycles. The molecule has 4 heteroatoms. The molecule has 1 N–H and O–H groups in total. The molecule has 1 aromatic carbocycles. The van der Waals surface area contributed by atoms with Crippen molar-refractivity contribution in [2.45, 2.75) is 6.92 Å². The van der Waals surface area contributed by atoms with E-state index in [9.17, 15) is 4.79 Å². The largest absolute Gasteiger partial charge is 0.496 e. The third-order valence-corrected chi connectivity index (χ3v) is 2.54. The number of carbonyl (C=O) groups is 1. The minimum atomic E-state index is -0.368. The topological polar surface area (TPSA) is 51.3 Å². The molecule has 16 heavy (non-hydrogen) atoms. The minimum absolute atomic E-state index is 0.368. The van der Waals surface area contributed by atoms with Crippen LogP contribution in [-0.4, -0.2) is 25.2 Å². The molecule has 0 unspecified atom stereocenters. The van der Waals surface area contributed by atoms with Crippen molar-refractivity contribution in [1.29, 1.82) is 0 Å². The van der Waals surface area contributed by atoms with Crippen molar-refractivity contribution < 1.29 is 14.3 Å². The number of esters is 1. The van der Waals surface area contributed by atoms with Crippen molar-refractivity contribution in [3.8, 4) is 5.75 Å². The molecule has 0 atom stereocenters. The van der Waals surface area contributed by atoms with Gasteiger partial charge in [-0.2, -0.15) is 0 Å². The fourth-order valence-corrected chi connectivity index (χ4v) is 1.71. The van der Waals surface area contributed by atoms with Crippen LogP contribution in [0.3, 0.4) is 0 Å². The van der Waals surface area contributed by atoms with Crippen LogP contribution >= 0.6 is 0 Å². The maximum absolute atomic E-state index is 11.3. The number of H-pyrrole nitrogens is 1. The number of aromatic amines is 1. The van der Waals surface area contributed by atoms with Crippen LogP contribution in [0.25, 0.3) is 10.9 Å². The van der Waals surface area contributed by atoms with Gasteiger partial charge in [-0.1, -0.05) is 0 Å². The van der Waals surface area contributed by atoms with Crippen molar-refractivity contribution in [1.82, 2.24) is 4.98 Å². The Morgan fingerprint density at radius 3 is 2.62 bits per heavy atom. The highest BCUT2D eigenvalue weighted by Gasteiger charge is 2.10. The van der Waals surface area contributed by atoms with Crippen molar-refractivity contribution in [3.63, 3.8) is 0 Å². The summed E-state index contributed by atoms with van der Waals surface area (Å²) in [5.41, 5.74) is 2.37. The van der Waals surface area contributed by atoms with Gasteiger partial charge < -0.3 is 14.5 Å². The first kappa shape index (κ1) is 10.5. The molecule has 2 aromatic rings. The Bertz CT molecular complexity index is 542. The molecule has 0 amide bonds. The van der Waals surface area contributed by atoms with E-state index in [-0.39, 0.29) is 5.97 Å². The van der Waals surface area contributed by atoms with E-state index < -0.39 is 0 Å². The fraction of sp³-hybridized carbons (Fsp3) is 0.250. The van der Waals surface area contributed by atoms with Crippen LogP contribution in [0.2, 0.25) is 0 Å². The third-order valence-electron chi connectivity index (χ3n) is 2.54. The molecule has 84 valence electrons. The van der Waals surface area contributed by atoms with E-state index in [1.54, 1.807) is 13.2 Å². The maximum Gasteiger partial charge on any atom is 0.354 e. The standard InChI is InChI=1S/C12H13NO3/c1-7-4-9-8(6-11(7)15-2)5-10(13-9)12(14)16-3/h4-6,13H,1-3H3. The van der Waals surface area contributed by atoms with Gasteiger partial charge in [0.05, 0.1) is 14.2 Å². The number of hydrogen-bond donors (Lipinski definition) is 1. The predicted molar refractivity (Wildman–Crippen MR) is 60.9 cm³/mol. The highest BCUT2D eigenvalue weighted by Crippen LogP contribution is 2.25. The van der Waals surface area contributed by atoms with E-state index in [1.165, 1.54) is 7.11 Å². The molecule has 0 spiro atoms. The van der Waals surface area contributed by atoms with Crippen LogP contribution in [0.5, 0.6) is 5.75 Å². The highest BCUT2D eigenvalue weighted by molar-refractivity contribution is 5.95. The molecule has 4 nitrogen and oxygen atoms in total. The van der Waals surface area contributed by atoms with Gasteiger partial charge in [0.1, 0.15) is 11.4 Å². The Balaban J connectivity index is 2.58. The second-order valence-electron chi connectivity index (χ2n) is 3.58. The molecule has 1 heterocycles. The molecule has 1 aromatic heterocycles. The summed E-state index contributed by atoms with van der Waals surface area (Å²) in [6.45, 7) is 1.96. The van der Waals surface area contributed by atoms with Crippen molar-refractivity contribution in [2.75, 3.05) is 14.2 Å². The van der Waals surface area contributed by atoms with E-state index in [1.807, 2.05) is 19.1 Å². The van der Waals surface area contributed by atoms with Crippen LogP contribution < -0.4 is 4.74 Å². The van der Waals surface area contributed by atoms with E-state index >= 15 is 0 Å². The summed E-state index contributed by atoms with van der Waals surface area (Å²) in [6.07, 6.45) is 0. The molecule has 0 aliphatic heterocycles. The Labute approximate surface area is 93.2 Å². The second-order valence-corrected chi connectivity index (χ2v) is 3.58. The molecular weight excluding hydrogens is 206 g/mol. The van der Waals surface area contributed by atoms with E-state index in [0.717, 1.165) is 22.2 Å². The second kappa shape index (κ2) is 3.89. The van der Waals surface area contributed by atoms with Gasteiger partial charge in [0, 0.05) is 10.9 Å². The number of carbonyl (C=O) groups excluding carboxylic acids is 1. The van der Waals surface area contributed by atoms with Gasteiger partial charge in [-0.25, -0.2) is 4.79 Å². The lowest BCUT2D eigenvalue weighted by Crippen LogP contribution is -2.00. The van der Waals surface area contributed by atoms with Gasteiger partial charge >= 0.3 is 5.97 Å². The lowest BCUT2D eigenvalue weighted by Gasteiger charge is -2.03. The number of aryl methyl sites for hydroxylation is 1. The molecular formula is C12H13NO3. The van der Waals surface area contributed by atoms with Gasteiger partial charge in [0.2, 0.25) is 0 Å². The molecule has 0 radical (unpaired) electrons. The Morgan fingerprint density at radius 1 is 1.25 bits per heavy atom.